The Bertz CT molecular complexity index is 133. The van der Waals surface area contributed by atoms with Gasteiger partial charge in [-0.05, 0) is 37.0 Å². The average Bonchev–Trinajstić information content (AvgIpc) is 1.83. The van der Waals surface area contributed by atoms with E-state index in [1.165, 1.54) is 38.5 Å². The molecule has 0 heterocycles. The highest BCUT2D eigenvalue weighted by Gasteiger charge is 2.31. The van der Waals surface area contributed by atoms with E-state index in [0.717, 1.165) is 0 Å². The summed E-state index contributed by atoms with van der Waals surface area (Å²) in [6, 6.07) is 0. The summed E-state index contributed by atoms with van der Waals surface area (Å²) in [7, 11) is 0. The van der Waals surface area contributed by atoms with E-state index in [-0.39, 0.29) is 0 Å². The Morgan fingerprint density at radius 2 is 1.58 bits per heavy atom. The first-order valence-corrected chi connectivity index (χ1v) is 5.27. The minimum atomic E-state index is 0.413. The van der Waals surface area contributed by atoms with Crippen molar-refractivity contribution in [2.45, 2.75) is 59.3 Å². The minimum Gasteiger partial charge on any atom is -0.0602 e. The topological polar surface area (TPSA) is 0 Å². The van der Waals surface area contributed by atoms with Gasteiger partial charge < -0.3 is 0 Å². The molecule has 0 aromatic carbocycles. The Kier molecular flexibility index (Phi) is 2.85. The van der Waals surface area contributed by atoms with Gasteiger partial charge in [-0.3, -0.25) is 0 Å². The molecule has 1 aliphatic rings. The zero-order chi connectivity index (χ0) is 9.24. The molecule has 0 atom stereocenters. The van der Waals surface area contributed by atoms with Crippen molar-refractivity contribution in [2.24, 2.45) is 10.8 Å². The SMILES string of the molecule is [CH2]C1(CC(C)(C)C)CCCCC1. The maximum absolute atomic E-state index is 4.41. The zero-order valence-corrected chi connectivity index (χ0v) is 8.95. The summed E-state index contributed by atoms with van der Waals surface area (Å²) in [4.78, 5) is 0. The Hall–Kier alpha value is 0. The third-order valence-electron chi connectivity index (χ3n) is 2.82. The van der Waals surface area contributed by atoms with Crippen molar-refractivity contribution in [3.05, 3.63) is 6.92 Å². The predicted octanol–water partition coefficient (Wildman–Crippen LogP) is 4.21. The van der Waals surface area contributed by atoms with Crippen molar-refractivity contribution in [2.75, 3.05) is 0 Å². The smallest absolute Gasteiger partial charge is 0.0292 e. The lowest BCUT2D eigenvalue weighted by Crippen LogP contribution is -2.26. The molecule has 1 rings (SSSR count). The first kappa shape index (κ1) is 10.1. The van der Waals surface area contributed by atoms with E-state index in [0.29, 0.717) is 10.8 Å². The van der Waals surface area contributed by atoms with Crippen LogP contribution in [-0.4, -0.2) is 0 Å². The van der Waals surface area contributed by atoms with Gasteiger partial charge in [0.15, 0.2) is 0 Å². The first-order valence-electron chi connectivity index (χ1n) is 5.27. The monoisotopic (exact) mass is 167 g/mol. The molecule has 0 aliphatic heterocycles. The van der Waals surface area contributed by atoms with Crippen LogP contribution in [0.4, 0.5) is 0 Å². The second-order valence-corrected chi connectivity index (χ2v) is 5.80. The molecule has 0 nitrogen and oxygen atoms in total. The van der Waals surface area contributed by atoms with E-state index >= 15 is 0 Å². The van der Waals surface area contributed by atoms with Crippen molar-refractivity contribution in [3.8, 4) is 0 Å². The van der Waals surface area contributed by atoms with E-state index < -0.39 is 0 Å². The molecule has 0 aromatic heterocycles. The van der Waals surface area contributed by atoms with Crippen LogP contribution < -0.4 is 0 Å². The summed E-state index contributed by atoms with van der Waals surface area (Å²) >= 11 is 0. The number of hydrogen-bond acceptors (Lipinski definition) is 0. The Labute approximate surface area is 77.7 Å². The van der Waals surface area contributed by atoms with Gasteiger partial charge in [0, 0.05) is 0 Å². The van der Waals surface area contributed by atoms with E-state index in [4.69, 9.17) is 0 Å². The molecule has 0 bridgehead atoms. The van der Waals surface area contributed by atoms with Gasteiger partial charge in [0.05, 0.1) is 0 Å². The fraction of sp³-hybridized carbons (Fsp3) is 0.917. The van der Waals surface area contributed by atoms with Crippen LogP contribution in [0.25, 0.3) is 0 Å². The average molecular weight is 167 g/mol. The Balaban J connectivity index is 2.47. The van der Waals surface area contributed by atoms with E-state index in [1.54, 1.807) is 0 Å². The molecule has 1 radical (unpaired) electrons. The summed E-state index contributed by atoms with van der Waals surface area (Å²) < 4.78 is 0. The molecule has 1 fully saturated rings. The van der Waals surface area contributed by atoms with E-state index in [2.05, 4.69) is 27.7 Å². The van der Waals surface area contributed by atoms with Gasteiger partial charge in [0.2, 0.25) is 0 Å². The van der Waals surface area contributed by atoms with Gasteiger partial charge in [-0.1, -0.05) is 40.0 Å². The van der Waals surface area contributed by atoms with E-state index in [9.17, 15) is 0 Å². The third-order valence-corrected chi connectivity index (χ3v) is 2.82. The van der Waals surface area contributed by atoms with Crippen LogP contribution in [0, 0.1) is 17.8 Å². The molecule has 0 heteroatoms. The van der Waals surface area contributed by atoms with Crippen molar-refractivity contribution < 1.29 is 0 Å². The molecular weight excluding hydrogens is 144 g/mol. The van der Waals surface area contributed by atoms with Gasteiger partial charge in [-0.25, -0.2) is 0 Å². The van der Waals surface area contributed by atoms with Crippen molar-refractivity contribution in [1.29, 1.82) is 0 Å². The highest BCUT2D eigenvalue weighted by atomic mass is 14.4. The third kappa shape index (κ3) is 3.16. The molecule has 0 saturated heterocycles. The maximum Gasteiger partial charge on any atom is -0.0292 e. The molecular formula is C12H23. The van der Waals surface area contributed by atoms with Gasteiger partial charge in [0.1, 0.15) is 0 Å². The lowest BCUT2D eigenvalue weighted by molar-refractivity contribution is 0.163. The fourth-order valence-electron chi connectivity index (χ4n) is 2.60. The van der Waals surface area contributed by atoms with Gasteiger partial charge in [0.25, 0.3) is 0 Å². The van der Waals surface area contributed by atoms with Crippen LogP contribution in [0.5, 0.6) is 0 Å². The van der Waals surface area contributed by atoms with Gasteiger partial charge >= 0.3 is 0 Å². The molecule has 0 unspecified atom stereocenters. The lowest BCUT2D eigenvalue weighted by Gasteiger charge is -2.38. The number of rotatable bonds is 1. The molecule has 0 aromatic rings. The Morgan fingerprint density at radius 1 is 1.08 bits per heavy atom. The summed E-state index contributed by atoms with van der Waals surface area (Å²) in [6.45, 7) is 11.4. The molecule has 0 N–H and O–H groups in total. The Morgan fingerprint density at radius 3 is 2.00 bits per heavy atom. The van der Waals surface area contributed by atoms with Gasteiger partial charge in [-0.15, -0.1) is 0 Å². The second-order valence-electron chi connectivity index (χ2n) is 5.80. The normalized spacial score (nSPS) is 24.0. The van der Waals surface area contributed by atoms with Crippen molar-refractivity contribution in [3.63, 3.8) is 0 Å². The van der Waals surface area contributed by atoms with E-state index in [1.807, 2.05) is 0 Å². The van der Waals surface area contributed by atoms with Crippen LogP contribution in [0.1, 0.15) is 59.3 Å². The molecule has 1 saturated carbocycles. The van der Waals surface area contributed by atoms with Gasteiger partial charge in [-0.2, -0.15) is 0 Å². The van der Waals surface area contributed by atoms with Crippen LogP contribution in [0.2, 0.25) is 0 Å². The largest absolute Gasteiger partial charge is 0.0602 e. The highest BCUT2D eigenvalue weighted by molar-refractivity contribution is 4.88. The quantitative estimate of drug-likeness (QED) is 0.549. The molecule has 0 spiro atoms. The first-order chi connectivity index (χ1) is 5.41. The number of hydrogen-bond donors (Lipinski definition) is 0. The molecule has 1 aliphatic carbocycles. The van der Waals surface area contributed by atoms with Crippen LogP contribution >= 0.6 is 0 Å². The maximum atomic E-state index is 4.41. The van der Waals surface area contributed by atoms with Crippen molar-refractivity contribution in [1.82, 2.24) is 0 Å². The standard InChI is InChI=1S/C12H23/c1-11(2,3)10-12(4)8-6-5-7-9-12/h4-10H2,1-3H3. The second kappa shape index (κ2) is 3.40. The lowest BCUT2D eigenvalue weighted by atomic mass is 9.67. The summed E-state index contributed by atoms with van der Waals surface area (Å²) in [6.07, 6.45) is 8.23. The molecule has 0 amide bonds. The minimum absolute atomic E-state index is 0.413. The molecule has 12 heavy (non-hydrogen) atoms. The fourth-order valence-corrected chi connectivity index (χ4v) is 2.60. The summed E-state index contributed by atoms with van der Waals surface area (Å²) in [5.74, 6) is 0. The van der Waals surface area contributed by atoms with Crippen LogP contribution in [-0.2, 0) is 0 Å². The van der Waals surface area contributed by atoms with Crippen molar-refractivity contribution >= 4 is 0 Å². The highest BCUT2D eigenvalue weighted by Crippen LogP contribution is 2.43. The predicted molar refractivity (Wildman–Crippen MR) is 54.9 cm³/mol. The van der Waals surface area contributed by atoms with Crippen LogP contribution in [0.15, 0.2) is 0 Å². The summed E-state index contributed by atoms with van der Waals surface area (Å²) in [5, 5.41) is 0. The zero-order valence-electron chi connectivity index (χ0n) is 8.95. The molecule has 71 valence electrons. The van der Waals surface area contributed by atoms with Crippen LogP contribution in [0.3, 0.4) is 0 Å². The summed E-state index contributed by atoms with van der Waals surface area (Å²) in [5.41, 5.74) is 0.871.